The highest BCUT2D eigenvalue weighted by Crippen LogP contribution is 2.59. The maximum atomic E-state index is 12.5. The van der Waals surface area contributed by atoms with Gasteiger partial charge in [-0.05, 0) is 37.8 Å². The first kappa shape index (κ1) is 19.9. The van der Waals surface area contributed by atoms with Crippen molar-refractivity contribution in [1.82, 2.24) is 15.1 Å². The van der Waals surface area contributed by atoms with E-state index in [0.717, 1.165) is 32.4 Å². The molecule has 0 aromatic carbocycles. The molecule has 8 heteroatoms. The van der Waals surface area contributed by atoms with Crippen LogP contribution in [-0.2, 0) is 4.79 Å². The summed E-state index contributed by atoms with van der Waals surface area (Å²) in [6.07, 6.45) is 0.965. The molecule has 1 spiro atoms. The van der Waals surface area contributed by atoms with Gasteiger partial charge in [0, 0.05) is 32.1 Å². The lowest BCUT2D eigenvalue weighted by atomic mass is 9.91. The number of amides is 1. The third-order valence-electron chi connectivity index (χ3n) is 5.17. The van der Waals surface area contributed by atoms with Crippen molar-refractivity contribution in [2.24, 2.45) is 11.3 Å². The molecule has 2 heterocycles. The van der Waals surface area contributed by atoms with Gasteiger partial charge in [-0.2, -0.15) is 0 Å². The van der Waals surface area contributed by atoms with E-state index in [1.165, 1.54) is 0 Å². The van der Waals surface area contributed by atoms with E-state index in [0.29, 0.717) is 26.2 Å². The number of halogens is 4. The van der Waals surface area contributed by atoms with Gasteiger partial charge in [-0.3, -0.25) is 9.69 Å². The molecule has 1 amide bonds. The van der Waals surface area contributed by atoms with Crippen LogP contribution in [0.3, 0.4) is 0 Å². The third kappa shape index (κ3) is 4.22. The Hall–Kier alpha value is -0.170. The zero-order chi connectivity index (χ0) is 14.2. The second-order valence-electron chi connectivity index (χ2n) is 6.39. The van der Waals surface area contributed by atoms with E-state index in [9.17, 15) is 13.6 Å². The zero-order valence-electron chi connectivity index (χ0n) is 12.6. The van der Waals surface area contributed by atoms with Crippen molar-refractivity contribution in [3.63, 3.8) is 0 Å². The number of piperazine rings is 1. The highest BCUT2D eigenvalue weighted by Gasteiger charge is 2.58. The third-order valence-corrected chi connectivity index (χ3v) is 5.17. The Bertz CT molecular complexity index is 373. The van der Waals surface area contributed by atoms with Crippen molar-refractivity contribution in [3.8, 4) is 0 Å². The molecule has 0 aromatic heterocycles. The summed E-state index contributed by atoms with van der Waals surface area (Å²) in [5.74, 6) is 0.467. The number of carbonyl (C=O) groups excluding carboxylic acids is 1. The Morgan fingerprint density at radius 3 is 2.27 bits per heavy atom. The molecular formula is C14H25Cl2F2N3O. The normalized spacial score (nSPS) is 27.2. The fourth-order valence-electron chi connectivity index (χ4n) is 3.74. The number of piperidine rings is 1. The predicted molar refractivity (Wildman–Crippen MR) is 86.2 cm³/mol. The van der Waals surface area contributed by atoms with Gasteiger partial charge in [-0.25, -0.2) is 8.78 Å². The largest absolute Gasteiger partial charge is 0.340 e. The van der Waals surface area contributed by atoms with Crippen molar-refractivity contribution in [3.05, 3.63) is 0 Å². The van der Waals surface area contributed by atoms with Gasteiger partial charge in [0.15, 0.2) is 0 Å². The molecule has 3 aliphatic rings. The summed E-state index contributed by atoms with van der Waals surface area (Å²) < 4.78 is 24.6. The smallest absolute Gasteiger partial charge is 0.251 e. The van der Waals surface area contributed by atoms with Crippen LogP contribution < -0.4 is 5.32 Å². The molecule has 0 radical (unpaired) electrons. The Morgan fingerprint density at radius 1 is 1.14 bits per heavy atom. The first-order valence-corrected chi connectivity index (χ1v) is 7.61. The summed E-state index contributed by atoms with van der Waals surface area (Å²) in [7, 11) is 0. The molecule has 0 bridgehead atoms. The van der Waals surface area contributed by atoms with Crippen LogP contribution in [0.5, 0.6) is 0 Å². The summed E-state index contributed by atoms with van der Waals surface area (Å²) >= 11 is 0. The minimum atomic E-state index is -2.28. The molecule has 2 aliphatic heterocycles. The van der Waals surface area contributed by atoms with E-state index < -0.39 is 6.43 Å². The van der Waals surface area contributed by atoms with Gasteiger partial charge in [0.2, 0.25) is 5.91 Å². The van der Waals surface area contributed by atoms with Crippen LogP contribution >= 0.6 is 24.8 Å². The second-order valence-corrected chi connectivity index (χ2v) is 6.39. The number of carbonyl (C=O) groups is 1. The summed E-state index contributed by atoms with van der Waals surface area (Å²) in [6, 6.07) is 0. The van der Waals surface area contributed by atoms with E-state index in [2.05, 4.69) is 5.32 Å². The highest BCUT2D eigenvalue weighted by atomic mass is 35.5. The summed E-state index contributed by atoms with van der Waals surface area (Å²) in [4.78, 5) is 16.1. The summed E-state index contributed by atoms with van der Waals surface area (Å²) in [6.45, 7) is 4.25. The molecule has 1 atom stereocenters. The maximum Gasteiger partial charge on any atom is 0.251 e. The molecule has 3 fully saturated rings. The van der Waals surface area contributed by atoms with Crippen molar-refractivity contribution < 1.29 is 13.6 Å². The fourth-order valence-corrected chi connectivity index (χ4v) is 3.74. The quantitative estimate of drug-likeness (QED) is 0.831. The van der Waals surface area contributed by atoms with Gasteiger partial charge < -0.3 is 10.2 Å². The molecule has 1 aliphatic carbocycles. The first-order chi connectivity index (χ1) is 9.61. The molecule has 1 N–H and O–H groups in total. The number of nitrogens with zero attached hydrogens (tertiary/aromatic N) is 2. The number of nitrogens with one attached hydrogen (secondary N) is 1. The van der Waals surface area contributed by atoms with E-state index >= 15 is 0 Å². The molecule has 3 rings (SSSR count). The summed E-state index contributed by atoms with van der Waals surface area (Å²) in [5, 5.41) is 3.34. The number of hydrogen-bond acceptors (Lipinski definition) is 3. The minimum absolute atomic E-state index is 0. The Kier molecular flexibility index (Phi) is 7.30. The molecule has 1 unspecified atom stereocenters. The van der Waals surface area contributed by atoms with Gasteiger partial charge in [-0.1, -0.05) is 0 Å². The standard InChI is InChI=1S/C14H23F2N3O.2ClH/c15-12(16)10-18-5-7-19(8-6-18)13(20)11-9-14(11)1-3-17-4-2-14;;/h11-12,17H,1-10H2;2*1H. The maximum absolute atomic E-state index is 12.5. The predicted octanol–water partition coefficient (Wildman–Crippen LogP) is 1.63. The average molecular weight is 360 g/mol. The lowest BCUT2D eigenvalue weighted by Gasteiger charge is -2.35. The Morgan fingerprint density at radius 2 is 1.73 bits per heavy atom. The van der Waals surface area contributed by atoms with Crippen LogP contribution in [0.25, 0.3) is 0 Å². The van der Waals surface area contributed by atoms with Crippen LogP contribution in [0.2, 0.25) is 0 Å². The molecule has 2 saturated heterocycles. The van der Waals surface area contributed by atoms with Crippen LogP contribution in [0, 0.1) is 11.3 Å². The van der Waals surface area contributed by atoms with Gasteiger partial charge >= 0.3 is 0 Å². The molecule has 1 saturated carbocycles. The molecule has 4 nitrogen and oxygen atoms in total. The SMILES string of the molecule is Cl.Cl.O=C(C1CC12CCNCC2)N1CCN(CC(F)F)CC1. The van der Waals surface area contributed by atoms with Crippen molar-refractivity contribution in [2.45, 2.75) is 25.7 Å². The highest BCUT2D eigenvalue weighted by molar-refractivity contribution is 5.85. The van der Waals surface area contributed by atoms with Crippen LogP contribution in [0.4, 0.5) is 8.78 Å². The molecule has 130 valence electrons. The topological polar surface area (TPSA) is 35.6 Å². The lowest BCUT2D eigenvalue weighted by molar-refractivity contribution is -0.135. The number of alkyl halides is 2. The Labute approximate surface area is 142 Å². The number of rotatable bonds is 3. The summed E-state index contributed by atoms with van der Waals surface area (Å²) in [5.41, 5.74) is 0.266. The Balaban J connectivity index is 0.00000121. The van der Waals surface area contributed by atoms with Crippen LogP contribution in [0.15, 0.2) is 0 Å². The van der Waals surface area contributed by atoms with Crippen LogP contribution in [-0.4, -0.2) is 67.9 Å². The average Bonchev–Trinajstić information content (AvgIpc) is 3.12. The van der Waals surface area contributed by atoms with E-state index in [4.69, 9.17) is 0 Å². The molecular weight excluding hydrogens is 335 g/mol. The lowest BCUT2D eigenvalue weighted by Crippen LogP contribution is -2.50. The second kappa shape index (κ2) is 8.08. The van der Waals surface area contributed by atoms with Gasteiger partial charge in [0.1, 0.15) is 0 Å². The fraction of sp³-hybridized carbons (Fsp3) is 0.929. The van der Waals surface area contributed by atoms with E-state index in [-0.39, 0.29) is 48.6 Å². The monoisotopic (exact) mass is 359 g/mol. The van der Waals surface area contributed by atoms with Crippen molar-refractivity contribution in [1.29, 1.82) is 0 Å². The van der Waals surface area contributed by atoms with Crippen molar-refractivity contribution >= 4 is 30.7 Å². The number of hydrogen-bond donors (Lipinski definition) is 1. The minimum Gasteiger partial charge on any atom is -0.340 e. The van der Waals surface area contributed by atoms with Crippen molar-refractivity contribution in [2.75, 3.05) is 45.8 Å². The molecule has 22 heavy (non-hydrogen) atoms. The van der Waals surface area contributed by atoms with E-state index in [1.54, 1.807) is 4.90 Å². The van der Waals surface area contributed by atoms with Gasteiger partial charge in [0.25, 0.3) is 6.43 Å². The van der Waals surface area contributed by atoms with E-state index in [1.807, 2.05) is 4.90 Å². The first-order valence-electron chi connectivity index (χ1n) is 7.61. The zero-order valence-corrected chi connectivity index (χ0v) is 14.2. The molecule has 0 aromatic rings. The van der Waals surface area contributed by atoms with Gasteiger partial charge in [0.05, 0.1) is 6.54 Å². The van der Waals surface area contributed by atoms with Crippen LogP contribution in [0.1, 0.15) is 19.3 Å². The van der Waals surface area contributed by atoms with Gasteiger partial charge in [-0.15, -0.1) is 24.8 Å².